The van der Waals surface area contributed by atoms with Crippen molar-refractivity contribution in [3.05, 3.63) is 51.3 Å². The molecule has 0 fully saturated rings. The second-order valence-electron chi connectivity index (χ2n) is 5.52. The lowest BCUT2D eigenvalue weighted by atomic mass is 10.0. The number of hydrogen-bond acceptors (Lipinski definition) is 2. The monoisotopic (exact) mass is 347 g/mol. The van der Waals surface area contributed by atoms with E-state index in [4.69, 9.17) is 0 Å². The molecular formula is C16H18BrN3O. The summed E-state index contributed by atoms with van der Waals surface area (Å²) in [7, 11) is 0. The number of rotatable bonds is 3. The fraction of sp³-hybridized carbons (Fsp3) is 0.375. The minimum Gasteiger partial charge on any atom is -0.338 e. The topological polar surface area (TPSA) is 49.0 Å². The van der Waals surface area contributed by atoms with E-state index in [1.54, 1.807) is 0 Å². The Morgan fingerprint density at radius 1 is 1.48 bits per heavy atom. The largest absolute Gasteiger partial charge is 0.338 e. The molecule has 1 aliphatic rings. The summed E-state index contributed by atoms with van der Waals surface area (Å²) >= 11 is 3.50. The molecule has 2 aromatic rings. The van der Waals surface area contributed by atoms with Crippen molar-refractivity contribution < 1.29 is 4.79 Å². The van der Waals surface area contributed by atoms with Crippen LogP contribution < -0.4 is 0 Å². The van der Waals surface area contributed by atoms with Crippen molar-refractivity contribution in [3.8, 4) is 0 Å². The maximum atomic E-state index is 12.3. The van der Waals surface area contributed by atoms with Crippen molar-refractivity contribution in [2.45, 2.75) is 32.7 Å². The van der Waals surface area contributed by atoms with E-state index in [9.17, 15) is 4.79 Å². The van der Waals surface area contributed by atoms with E-state index in [2.05, 4.69) is 45.2 Å². The first-order chi connectivity index (χ1) is 10.1. The van der Waals surface area contributed by atoms with Crippen LogP contribution >= 0.6 is 15.9 Å². The van der Waals surface area contributed by atoms with E-state index in [-0.39, 0.29) is 5.91 Å². The zero-order valence-corrected chi connectivity index (χ0v) is 13.6. The van der Waals surface area contributed by atoms with Crippen molar-refractivity contribution in [1.82, 2.24) is 15.1 Å². The maximum Gasteiger partial charge on any atom is 0.223 e. The zero-order valence-electron chi connectivity index (χ0n) is 12.0. The Morgan fingerprint density at radius 3 is 3.14 bits per heavy atom. The van der Waals surface area contributed by atoms with Crippen molar-refractivity contribution in [2.24, 2.45) is 0 Å². The molecule has 1 amide bonds. The van der Waals surface area contributed by atoms with Crippen LogP contribution in [0.1, 0.15) is 28.8 Å². The minimum absolute atomic E-state index is 0.224. The van der Waals surface area contributed by atoms with E-state index in [1.165, 1.54) is 16.8 Å². The Kier molecular flexibility index (Phi) is 4.10. The van der Waals surface area contributed by atoms with E-state index in [0.29, 0.717) is 13.0 Å². The summed E-state index contributed by atoms with van der Waals surface area (Å²) in [5.74, 6) is 0.224. The summed E-state index contributed by atoms with van der Waals surface area (Å²) in [5.41, 5.74) is 4.74. The van der Waals surface area contributed by atoms with Crippen molar-refractivity contribution in [3.63, 3.8) is 0 Å². The van der Waals surface area contributed by atoms with Gasteiger partial charge < -0.3 is 4.90 Å². The van der Waals surface area contributed by atoms with Crippen LogP contribution in [0.25, 0.3) is 0 Å². The van der Waals surface area contributed by atoms with Gasteiger partial charge in [0.2, 0.25) is 5.91 Å². The van der Waals surface area contributed by atoms with Crippen LogP contribution in [0.2, 0.25) is 0 Å². The smallest absolute Gasteiger partial charge is 0.223 e. The first-order valence-electron chi connectivity index (χ1n) is 7.17. The van der Waals surface area contributed by atoms with Crippen LogP contribution in [-0.4, -0.2) is 27.5 Å². The Bertz CT molecular complexity index is 665. The molecule has 0 radical (unpaired) electrons. The highest BCUT2D eigenvalue weighted by Gasteiger charge is 2.21. The number of fused-ring (bicyclic) bond motifs is 1. The second-order valence-corrected chi connectivity index (χ2v) is 6.38. The van der Waals surface area contributed by atoms with Gasteiger partial charge in [0.05, 0.1) is 6.20 Å². The number of carbonyl (C=O) groups excluding carboxylic acids is 1. The molecule has 21 heavy (non-hydrogen) atoms. The van der Waals surface area contributed by atoms with Gasteiger partial charge in [0.15, 0.2) is 0 Å². The molecule has 0 saturated carbocycles. The molecule has 0 saturated heterocycles. The molecule has 1 N–H and O–H groups in total. The number of benzene rings is 1. The molecule has 1 aliphatic heterocycles. The predicted octanol–water partition coefficient (Wildman–Crippen LogP) is 3.00. The molecule has 2 heterocycles. The number of H-pyrrole nitrogens is 1. The molecule has 0 bridgehead atoms. The van der Waals surface area contributed by atoms with E-state index < -0.39 is 0 Å². The average Bonchev–Trinajstić information content (AvgIpc) is 2.95. The molecular weight excluding hydrogens is 330 g/mol. The van der Waals surface area contributed by atoms with Gasteiger partial charge in [0.25, 0.3) is 0 Å². The zero-order chi connectivity index (χ0) is 14.8. The normalized spacial score (nSPS) is 14.1. The van der Waals surface area contributed by atoms with E-state index in [1.807, 2.05) is 17.2 Å². The summed E-state index contributed by atoms with van der Waals surface area (Å²) < 4.78 is 1.11. The van der Waals surface area contributed by atoms with Gasteiger partial charge in [0.1, 0.15) is 0 Å². The van der Waals surface area contributed by atoms with Gasteiger partial charge in [-0.15, -0.1) is 0 Å². The van der Waals surface area contributed by atoms with E-state index in [0.717, 1.165) is 29.4 Å². The van der Waals surface area contributed by atoms with Crippen LogP contribution in [0.15, 0.2) is 28.9 Å². The van der Waals surface area contributed by atoms with Gasteiger partial charge in [0, 0.05) is 41.7 Å². The Hall–Kier alpha value is -1.62. The summed E-state index contributed by atoms with van der Waals surface area (Å²) in [6, 6.07) is 6.27. The summed E-state index contributed by atoms with van der Waals surface area (Å²) in [4.78, 5) is 14.3. The summed E-state index contributed by atoms with van der Waals surface area (Å²) in [6.45, 7) is 3.54. The molecule has 0 atom stereocenters. The SMILES string of the molecule is Cc1cc(CCC(=O)N2CCc3[nH]ncc3C2)ccc1Br. The molecule has 3 rings (SSSR count). The first kappa shape index (κ1) is 14.3. The molecule has 5 heteroatoms. The fourth-order valence-corrected chi connectivity index (χ4v) is 2.95. The molecule has 1 aromatic heterocycles. The number of nitrogens with one attached hydrogen (secondary N) is 1. The lowest BCUT2D eigenvalue weighted by molar-refractivity contribution is -0.132. The third-order valence-electron chi connectivity index (χ3n) is 4.00. The Balaban J connectivity index is 1.58. The minimum atomic E-state index is 0.224. The number of aryl methyl sites for hydroxylation is 2. The molecule has 1 aromatic carbocycles. The number of halogens is 1. The van der Waals surface area contributed by atoms with Gasteiger partial charge >= 0.3 is 0 Å². The number of aromatic nitrogens is 2. The third kappa shape index (κ3) is 3.18. The Morgan fingerprint density at radius 2 is 2.33 bits per heavy atom. The summed E-state index contributed by atoms with van der Waals surface area (Å²) in [5, 5.41) is 7.04. The van der Waals surface area contributed by atoms with Gasteiger partial charge in [-0.1, -0.05) is 28.1 Å². The van der Waals surface area contributed by atoms with E-state index >= 15 is 0 Å². The van der Waals surface area contributed by atoms with Crippen LogP contribution in [0.4, 0.5) is 0 Å². The number of nitrogens with zero attached hydrogens (tertiary/aromatic N) is 2. The first-order valence-corrected chi connectivity index (χ1v) is 7.96. The van der Waals surface area contributed by atoms with Gasteiger partial charge in [-0.2, -0.15) is 5.10 Å². The molecule has 0 unspecified atom stereocenters. The van der Waals surface area contributed by atoms with Crippen LogP contribution in [0, 0.1) is 6.92 Å². The van der Waals surface area contributed by atoms with Gasteiger partial charge in [-0.05, 0) is 30.5 Å². The number of hydrogen-bond donors (Lipinski definition) is 1. The molecule has 4 nitrogen and oxygen atoms in total. The lowest BCUT2D eigenvalue weighted by Crippen LogP contribution is -2.35. The molecule has 0 aliphatic carbocycles. The van der Waals surface area contributed by atoms with Crippen LogP contribution in [-0.2, 0) is 24.2 Å². The third-order valence-corrected chi connectivity index (χ3v) is 4.89. The predicted molar refractivity (Wildman–Crippen MR) is 84.9 cm³/mol. The number of aromatic amines is 1. The highest BCUT2D eigenvalue weighted by Crippen LogP contribution is 2.20. The highest BCUT2D eigenvalue weighted by molar-refractivity contribution is 9.10. The van der Waals surface area contributed by atoms with Crippen LogP contribution in [0.3, 0.4) is 0 Å². The summed E-state index contributed by atoms with van der Waals surface area (Å²) in [6.07, 6.45) is 4.06. The van der Waals surface area contributed by atoms with Crippen molar-refractivity contribution in [1.29, 1.82) is 0 Å². The maximum absolute atomic E-state index is 12.3. The standard InChI is InChI=1S/C16H18BrN3O/c1-11-8-12(2-4-14(11)17)3-5-16(21)20-7-6-15-13(10-20)9-18-19-15/h2,4,8-9H,3,5-7,10H2,1H3,(H,18,19). The van der Waals surface area contributed by atoms with Gasteiger partial charge in [-0.25, -0.2) is 0 Å². The van der Waals surface area contributed by atoms with Crippen molar-refractivity contribution in [2.75, 3.05) is 6.54 Å². The molecule has 110 valence electrons. The lowest BCUT2D eigenvalue weighted by Gasteiger charge is -2.26. The quantitative estimate of drug-likeness (QED) is 0.927. The molecule has 0 spiro atoms. The highest BCUT2D eigenvalue weighted by atomic mass is 79.9. The fourth-order valence-electron chi connectivity index (χ4n) is 2.71. The average molecular weight is 348 g/mol. The Labute approximate surface area is 132 Å². The number of amides is 1. The van der Waals surface area contributed by atoms with Crippen LogP contribution in [0.5, 0.6) is 0 Å². The van der Waals surface area contributed by atoms with Gasteiger partial charge in [-0.3, -0.25) is 9.89 Å². The number of carbonyl (C=O) groups is 1. The van der Waals surface area contributed by atoms with Crippen molar-refractivity contribution >= 4 is 21.8 Å². The second kappa shape index (κ2) is 6.02.